The number of hydrogen-bond acceptors (Lipinski definition) is 7. The maximum Gasteiger partial charge on any atom is 0.409 e. The van der Waals surface area contributed by atoms with Crippen molar-refractivity contribution in [3.63, 3.8) is 0 Å². The van der Waals surface area contributed by atoms with Crippen molar-refractivity contribution >= 4 is 12.1 Å². The Labute approximate surface area is 184 Å². The van der Waals surface area contributed by atoms with E-state index in [0.717, 1.165) is 63.4 Å². The summed E-state index contributed by atoms with van der Waals surface area (Å²) in [6, 6.07) is 0. The molecule has 2 fully saturated rings. The van der Waals surface area contributed by atoms with Crippen molar-refractivity contribution < 1.29 is 14.3 Å². The van der Waals surface area contributed by atoms with Crippen LogP contribution in [0.5, 0.6) is 0 Å². The number of hydrogen-bond donors (Lipinski definition) is 1. The van der Waals surface area contributed by atoms with Crippen LogP contribution in [0.1, 0.15) is 25.0 Å². The number of nitrogens with zero attached hydrogens (tertiary/aromatic N) is 7. The highest BCUT2D eigenvalue weighted by atomic mass is 16.6. The molecule has 0 aromatic carbocycles. The Hall–Kier alpha value is -2.40. The van der Waals surface area contributed by atoms with Gasteiger partial charge in [0.05, 0.1) is 19.8 Å². The van der Waals surface area contributed by atoms with E-state index in [1.54, 1.807) is 4.90 Å². The third-order valence-corrected chi connectivity index (χ3v) is 5.70. The quantitative estimate of drug-likeness (QED) is 0.364. The molecule has 11 heteroatoms. The topological polar surface area (TPSA) is 100 Å². The molecule has 0 bridgehead atoms. The first-order chi connectivity index (χ1) is 15.1. The van der Waals surface area contributed by atoms with Crippen molar-refractivity contribution in [2.75, 3.05) is 72.2 Å². The lowest BCUT2D eigenvalue weighted by Crippen LogP contribution is -2.54. The molecule has 1 amide bonds. The number of morpholine rings is 1. The van der Waals surface area contributed by atoms with Crippen molar-refractivity contribution in [1.82, 2.24) is 34.8 Å². The summed E-state index contributed by atoms with van der Waals surface area (Å²) in [5.41, 5.74) is 0. The standard InChI is InChI=1S/C20H36N8O3/c1-4-31-20(29)28-10-8-27(9-11-28)19(22-16-18-24-23-17(2)25(18)3)21-6-5-7-26-12-14-30-15-13-26/h4-16H2,1-3H3,(H,21,22). The van der Waals surface area contributed by atoms with Gasteiger partial charge in [0.2, 0.25) is 0 Å². The minimum atomic E-state index is -0.242. The van der Waals surface area contributed by atoms with E-state index < -0.39 is 0 Å². The molecule has 31 heavy (non-hydrogen) atoms. The molecule has 1 aromatic heterocycles. The summed E-state index contributed by atoms with van der Waals surface area (Å²) in [4.78, 5) is 23.2. The number of aryl methyl sites for hydroxylation is 1. The van der Waals surface area contributed by atoms with Gasteiger partial charge in [-0.2, -0.15) is 0 Å². The molecule has 2 saturated heterocycles. The van der Waals surface area contributed by atoms with E-state index in [0.29, 0.717) is 39.3 Å². The second-order valence-electron chi connectivity index (χ2n) is 7.77. The minimum Gasteiger partial charge on any atom is -0.450 e. The van der Waals surface area contributed by atoms with Gasteiger partial charge in [-0.3, -0.25) is 4.90 Å². The number of piperazine rings is 1. The average molecular weight is 437 g/mol. The molecule has 1 aromatic rings. The first-order valence-electron chi connectivity index (χ1n) is 11.2. The van der Waals surface area contributed by atoms with Gasteiger partial charge >= 0.3 is 6.09 Å². The van der Waals surface area contributed by atoms with Crippen LogP contribution in [-0.4, -0.2) is 114 Å². The largest absolute Gasteiger partial charge is 0.450 e. The van der Waals surface area contributed by atoms with Crippen molar-refractivity contribution in [1.29, 1.82) is 0 Å². The summed E-state index contributed by atoms with van der Waals surface area (Å²) >= 11 is 0. The fourth-order valence-electron chi connectivity index (χ4n) is 3.65. The van der Waals surface area contributed by atoms with Gasteiger partial charge in [0.15, 0.2) is 11.8 Å². The molecule has 0 saturated carbocycles. The highest BCUT2D eigenvalue weighted by Gasteiger charge is 2.24. The first kappa shape index (κ1) is 23.3. The third-order valence-electron chi connectivity index (χ3n) is 5.70. The van der Waals surface area contributed by atoms with E-state index in [4.69, 9.17) is 14.5 Å². The number of rotatable bonds is 7. The van der Waals surface area contributed by atoms with E-state index in [-0.39, 0.29) is 6.09 Å². The molecule has 0 radical (unpaired) electrons. The molecular formula is C20H36N8O3. The van der Waals surface area contributed by atoms with Gasteiger partial charge in [-0.05, 0) is 26.8 Å². The monoisotopic (exact) mass is 436 g/mol. The zero-order chi connectivity index (χ0) is 22.1. The summed E-state index contributed by atoms with van der Waals surface area (Å²) in [7, 11) is 1.95. The van der Waals surface area contributed by atoms with Gasteiger partial charge in [0, 0.05) is 52.9 Å². The van der Waals surface area contributed by atoms with Crippen LogP contribution in [0, 0.1) is 6.92 Å². The summed E-state index contributed by atoms with van der Waals surface area (Å²) in [6.45, 7) is 12.8. The number of nitrogens with one attached hydrogen (secondary N) is 1. The van der Waals surface area contributed by atoms with Crippen LogP contribution in [0.3, 0.4) is 0 Å². The van der Waals surface area contributed by atoms with Crippen LogP contribution in [-0.2, 0) is 23.1 Å². The van der Waals surface area contributed by atoms with Crippen LogP contribution >= 0.6 is 0 Å². The number of carbonyl (C=O) groups excluding carboxylic acids is 1. The van der Waals surface area contributed by atoms with E-state index in [2.05, 4.69) is 25.3 Å². The highest BCUT2D eigenvalue weighted by molar-refractivity contribution is 5.80. The van der Waals surface area contributed by atoms with Gasteiger partial charge in [0.1, 0.15) is 12.4 Å². The highest BCUT2D eigenvalue weighted by Crippen LogP contribution is 2.07. The molecular weight excluding hydrogens is 400 g/mol. The van der Waals surface area contributed by atoms with Gasteiger partial charge in [-0.1, -0.05) is 0 Å². The second-order valence-corrected chi connectivity index (χ2v) is 7.77. The van der Waals surface area contributed by atoms with Crippen molar-refractivity contribution in [2.24, 2.45) is 12.0 Å². The minimum absolute atomic E-state index is 0.242. The Kier molecular flexibility index (Phi) is 8.89. The van der Waals surface area contributed by atoms with Crippen molar-refractivity contribution in [2.45, 2.75) is 26.8 Å². The molecule has 11 nitrogen and oxygen atoms in total. The molecule has 174 valence electrons. The number of carbonyl (C=O) groups is 1. The molecule has 2 aliphatic rings. The van der Waals surface area contributed by atoms with E-state index in [1.807, 2.05) is 25.5 Å². The zero-order valence-corrected chi connectivity index (χ0v) is 19.0. The van der Waals surface area contributed by atoms with Crippen LogP contribution in [0.25, 0.3) is 0 Å². The van der Waals surface area contributed by atoms with Crippen LogP contribution in [0.4, 0.5) is 4.79 Å². The predicted molar refractivity (Wildman–Crippen MR) is 117 cm³/mol. The summed E-state index contributed by atoms with van der Waals surface area (Å²) < 4.78 is 12.5. The second kappa shape index (κ2) is 11.8. The van der Waals surface area contributed by atoms with Crippen LogP contribution in [0.15, 0.2) is 4.99 Å². The van der Waals surface area contributed by atoms with E-state index in [1.165, 1.54) is 0 Å². The molecule has 2 aliphatic heterocycles. The lowest BCUT2D eigenvalue weighted by Gasteiger charge is -2.36. The SMILES string of the molecule is CCOC(=O)N1CCN(C(=NCc2nnc(C)n2C)NCCCN2CCOCC2)CC1. The van der Waals surface area contributed by atoms with Gasteiger partial charge < -0.3 is 29.2 Å². The number of aromatic nitrogens is 3. The summed E-state index contributed by atoms with van der Waals surface area (Å²) in [5.74, 6) is 2.55. The molecule has 0 spiro atoms. The summed E-state index contributed by atoms with van der Waals surface area (Å²) in [5, 5.41) is 11.9. The van der Waals surface area contributed by atoms with Crippen LogP contribution < -0.4 is 5.32 Å². The predicted octanol–water partition coefficient (Wildman–Crippen LogP) is 0.0655. The average Bonchev–Trinajstić information content (AvgIpc) is 3.12. The lowest BCUT2D eigenvalue weighted by atomic mass is 10.3. The third kappa shape index (κ3) is 6.79. The molecule has 0 unspecified atom stereocenters. The van der Waals surface area contributed by atoms with E-state index >= 15 is 0 Å². The molecule has 0 atom stereocenters. The smallest absolute Gasteiger partial charge is 0.409 e. The summed E-state index contributed by atoms with van der Waals surface area (Å²) in [6.07, 6.45) is 0.791. The van der Waals surface area contributed by atoms with Gasteiger partial charge in [-0.25, -0.2) is 9.79 Å². The van der Waals surface area contributed by atoms with Crippen molar-refractivity contribution in [3.05, 3.63) is 11.6 Å². The molecule has 3 heterocycles. The van der Waals surface area contributed by atoms with E-state index in [9.17, 15) is 4.79 Å². The zero-order valence-electron chi connectivity index (χ0n) is 19.0. The Morgan fingerprint density at radius 2 is 1.84 bits per heavy atom. The Morgan fingerprint density at radius 3 is 2.48 bits per heavy atom. The fourth-order valence-corrected chi connectivity index (χ4v) is 3.65. The lowest BCUT2D eigenvalue weighted by molar-refractivity contribution is 0.0375. The normalized spacial score (nSPS) is 18.4. The van der Waals surface area contributed by atoms with Gasteiger partial charge in [-0.15, -0.1) is 10.2 Å². The molecule has 3 rings (SSSR count). The first-order valence-corrected chi connectivity index (χ1v) is 11.2. The number of aliphatic imine (C=N–C) groups is 1. The molecule has 1 N–H and O–H groups in total. The Balaban J connectivity index is 1.55. The van der Waals surface area contributed by atoms with Gasteiger partial charge in [0.25, 0.3) is 0 Å². The van der Waals surface area contributed by atoms with Crippen LogP contribution in [0.2, 0.25) is 0 Å². The Morgan fingerprint density at radius 1 is 1.13 bits per heavy atom. The number of amides is 1. The maximum absolute atomic E-state index is 12.0. The Bertz CT molecular complexity index is 724. The number of ether oxygens (including phenoxy) is 2. The number of guanidine groups is 1. The molecule has 0 aliphatic carbocycles. The van der Waals surface area contributed by atoms with Crippen molar-refractivity contribution in [3.8, 4) is 0 Å². The fraction of sp³-hybridized carbons (Fsp3) is 0.800. The maximum atomic E-state index is 12.0.